The molecule has 1 aromatic carbocycles. The van der Waals surface area contributed by atoms with Gasteiger partial charge in [0.25, 0.3) is 0 Å². The number of esters is 1. The van der Waals surface area contributed by atoms with Gasteiger partial charge in [-0.1, -0.05) is 0 Å². The summed E-state index contributed by atoms with van der Waals surface area (Å²) in [7, 11) is -0.138. The highest BCUT2D eigenvalue weighted by Crippen LogP contribution is 2.19. The zero-order valence-corrected chi connectivity index (χ0v) is 13.2. The molecule has 0 bridgehead atoms. The second-order valence-corrected chi connectivity index (χ2v) is 6.88. The van der Waals surface area contributed by atoms with Gasteiger partial charge in [-0.05, 0) is 30.2 Å². The highest BCUT2D eigenvalue weighted by atomic mass is 32.2. The van der Waals surface area contributed by atoms with Crippen molar-refractivity contribution in [2.45, 2.75) is 13.0 Å². The van der Waals surface area contributed by atoms with Gasteiger partial charge in [-0.2, -0.15) is 0 Å². The molecule has 0 saturated carbocycles. The number of benzene rings is 1. The van der Waals surface area contributed by atoms with Crippen LogP contribution in [0.4, 0.5) is 0 Å². The quantitative estimate of drug-likeness (QED) is 0.533. The Morgan fingerprint density at radius 1 is 1.19 bits per heavy atom. The van der Waals surface area contributed by atoms with Crippen LogP contribution in [0.5, 0.6) is 5.75 Å². The average molecular weight is 316 g/mol. The fraction of sp³-hybridized carbons (Fsp3) is 0.500. The molecular formula is C14H20O6S. The first-order valence-corrected chi connectivity index (χ1v) is 8.43. The molecule has 21 heavy (non-hydrogen) atoms. The first-order chi connectivity index (χ1) is 9.85. The third-order valence-electron chi connectivity index (χ3n) is 2.63. The maximum absolute atomic E-state index is 11.6. The summed E-state index contributed by atoms with van der Waals surface area (Å²) in [6.45, 7) is 0.592. The summed E-state index contributed by atoms with van der Waals surface area (Å²) >= 11 is 0. The second-order valence-electron chi connectivity index (χ2n) is 4.62. The van der Waals surface area contributed by atoms with Crippen LogP contribution in [0.25, 0.3) is 0 Å². The van der Waals surface area contributed by atoms with Crippen LogP contribution in [0, 0.1) is 0 Å². The van der Waals surface area contributed by atoms with Crippen molar-refractivity contribution in [2.24, 2.45) is 0 Å². The second kappa shape index (κ2) is 7.99. The summed E-state index contributed by atoms with van der Waals surface area (Å²) in [5, 5.41) is 0. The fourth-order valence-corrected chi connectivity index (χ4v) is 2.38. The van der Waals surface area contributed by atoms with E-state index in [1.807, 2.05) is 0 Å². The first kappa shape index (κ1) is 17.5. The van der Waals surface area contributed by atoms with Gasteiger partial charge in [0, 0.05) is 13.4 Å². The molecule has 0 N–H and O–H groups in total. The van der Waals surface area contributed by atoms with E-state index in [1.54, 1.807) is 25.3 Å². The number of hydrogen-bond donors (Lipinski definition) is 0. The van der Waals surface area contributed by atoms with Crippen molar-refractivity contribution >= 4 is 15.8 Å². The summed E-state index contributed by atoms with van der Waals surface area (Å²) < 4.78 is 37.3. The summed E-state index contributed by atoms with van der Waals surface area (Å²) in [6, 6.07) is 4.97. The zero-order chi connectivity index (χ0) is 15.9. The van der Waals surface area contributed by atoms with Crippen molar-refractivity contribution in [3.05, 3.63) is 29.3 Å². The Kier molecular flexibility index (Phi) is 6.64. The SMILES string of the molecule is COCc1cc(OCCCS(C)(=O)=O)cc(C(=O)OC)c1. The van der Waals surface area contributed by atoms with E-state index < -0.39 is 15.8 Å². The first-order valence-electron chi connectivity index (χ1n) is 6.37. The smallest absolute Gasteiger partial charge is 0.337 e. The van der Waals surface area contributed by atoms with Gasteiger partial charge in [-0.25, -0.2) is 13.2 Å². The summed E-state index contributed by atoms with van der Waals surface area (Å²) in [6.07, 6.45) is 1.57. The molecule has 118 valence electrons. The molecule has 0 amide bonds. The van der Waals surface area contributed by atoms with Gasteiger partial charge in [0.1, 0.15) is 15.6 Å². The lowest BCUT2D eigenvalue weighted by molar-refractivity contribution is 0.0600. The number of ether oxygens (including phenoxy) is 3. The number of rotatable bonds is 8. The van der Waals surface area contributed by atoms with Gasteiger partial charge in [0.15, 0.2) is 0 Å². The molecule has 0 radical (unpaired) electrons. The van der Waals surface area contributed by atoms with Gasteiger partial charge >= 0.3 is 5.97 Å². The topological polar surface area (TPSA) is 78.9 Å². The normalized spacial score (nSPS) is 11.2. The van der Waals surface area contributed by atoms with Crippen LogP contribution in [-0.4, -0.2) is 47.2 Å². The van der Waals surface area contributed by atoms with E-state index in [-0.39, 0.29) is 12.4 Å². The Labute approximate surface area is 124 Å². The van der Waals surface area contributed by atoms with Crippen molar-refractivity contribution in [3.63, 3.8) is 0 Å². The van der Waals surface area contributed by atoms with Crippen LogP contribution in [0.15, 0.2) is 18.2 Å². The summed E-state index contributed by atoms with van der Waals surface area (Å²) in [4.78, 5) is 11.6. The van der Waals surface area contributed by atoms with Gasteiger partial charge in [-0.15, -0.1) is 0 Å². The monoisotopic (exact) mass is 316 g/mol. The molecule has 0 spiro atoms. The third kappa shape index (κ3) is 6.59. The molecule has 0 saturated heterocycles. The van der Waals surface area contributed by atoms with E-state index in [1.165, 1.54) is 13.4 Å². The number of hydrogen-bond acceptors (Lipinski definition) is 6. The molecule has 0 aliphatic rings. The molecule has 0 fully saturated rings. The third-order valence-corrected chi connectivity index (χ3v) is 3.66. The number of methoxy groups -OCH3 is 2. The van der Waals surface area contributed by atoms with E-state index in [4.69, 9.17) is 9.47 Å². The Balaban J connectivity index is 2.75. The zero-order valence-electron chi connectivity index (χ0n) is 12.4. The van der Waals surface area contributed by atoms with Gasteiger partial charge < -0.3 is 14.2 Å². The van der Waals surface area contributed by atoms with Gasteiger partial charge in [0.2, 0.25) is 0 Å². The fourth-order valence-electron chi connectivity index (χ4n) is 1.74. The molecular weight excluding hydrogens is 296 g/mol. The molecule has 0 aliphatic carbocycles. The van der Waals surface area contributed by atoms with Crippen molar-refractivity contribution in [1.82, 2.24) is 0 Å². The van der Waals surface area contributed by atoms with Crippen molar-refractivity contribution in [2.75, 3.05) is 32.8 Å². The molecule has 7 heteroatoms. The molecule has 1 rings (SSSR count). The van der Waals surface area contributed by atoms with Crippen molar-refractivity contribution in [3.8, 4) is 5.75 Å². The lowest BCUT2D eigenvalue weighted by atomic mass is 10.1. The van der Waals surface area contributed by atoms with E-state index in [0.29, 0.717) is 24.3 Å². The molecule has 0 heterocycles. The van der Waals surface area contributed by atoms with Crippen LogP contribution in [-0.2, 0) is 25.9 Å². The van der Waals surface area contributed by atoms with E-state index in [9.17, 15) is 13.2 Å². The Morgan fingerprint density at radius 3 is 2.48 bits per heavy atom. The maximum atomic E-state index is 11.6. The Morgan fingerprint density at radius 2 is 1.90 bits per heavy atom. The molecule has 0 atom stereocenters. The Bertz CT molecular complexity index is 579. The molecule has 1 aromatic rings. The molecule has 0 aromatic heterocycles. The minimum absolute atomic E-state index is 0.0641. The Hall–Kier alpha value is -1.60. The van der Waals surface area contributed by atoms with Crippen LogP contribution in [0.3, 0.4) is 0 Å². The maximum Gasteiger partial charge on any atom is 0.337 e. The average Bonchev–Trinajstić information content (AvgIpc) is 2.42. The minimum Gasteiger partial charge on any atom is -0.494 e. The van der Waals surface area contributed by atoms with Gasteiger partial charge in [0.05, 0.1) is 31.6 Å². The van der Waals surface area contributed by atoms with E-state index in [2.05, 4.69) is 4.74 Å². The number of carbonyl (C=O) groups is 1. The predicted molar refractivity (Wildman–Crippen MR) is 78.3 cm³/mol. The summed E-state index contributed by atoms with van der Waals surface area (Å²) in [5.41, 5.74) is 1.14. The largest absolute Gasteiger partial charge is 0.494 e. The van der Waals surface area contributed by atoms with Gasteiger partial charge in [-0.3, -0.25) is 0 Å². The van der Waals surface area contributed by atoms with Crippen LogP contribution < -0.4 is 4.74 Å². The van der Waals surface area contributed by atoms with E-state index in [0.717, 1.165) is 5.56 Å². The predicted octanol–water partition coefficient (Wildman–Crippen LogP) is 1.43. The lowest BCUT2D eigenvalue weighted by Gasteiger charge is -2.10. The lowest BCUT2D eigenvalue weighted by Crippen LogP contribution is -2.09. The number of sulfone groups is 1. The molecule has 0 aliphatic heterocycles. The molecule has 6 nitrogen and oxygen atoms in total. The van der Waals surface area contributed by atoms with Crippen LogP contribution in [0.2, 0.25) is 0 Å². The van der Waals surface area contributed by atoms with Crippen molar-refractivity contribution in [1.29, 1.82) is 0 Å². The van der Waals surface area contributed by atoms with Crippen LogP contribution in [0.1, 0.15) is 22.3 Å². The minimum atomic E-state index is -3.00. The highest BCUT2D eigenvalue weighted by molar-refractivity contribution is 7.90. The van der Waals surface area contributed by atoms with Crippen LogP contribution >= 0.6 is 0 Å². The van der Waals surface area contributed by atoms with E-state index >= 15 is 0 Å². The highest BCUT2D eigenvalue weighted by Gasteiger charge is 2.10. The summed E-state index contributed by atoms with van der Waals surface area (Å²) in [5.74, 6) is 0.0848. The number of carbonyl (C=O) groups excluding carboxylic acids is 1. The standard InChI is InChI=1S/C14H20O6S/c1-18-10-11-7-12(14(15)19-2)9-13(8-11)20-5-4-6-21(3,16)17/h7-9H,4-6,10H2,1-3H3. The van der Waals surface area contributed by atoms with Crippen molar-refractivity contribution < 1.29 is 27.4 Å². The molecule has 0 unspecified atom stereocenters.